The third kappa shape index (κ3) is 3.77. The standard InChI is InChI=1S/C9H10BrClN2O2/c1-5(14)3-13-9(15)6-2-8(11)12-4-7(6)10/h2,4-5,14H,3H2,1H3,(H,13,15). The number of carbonyl (C=O) groups is 1. The van der Waals surface area contributed by atoms with Gasteiger partial charge in [0, 0.05) is 17.2 Å². The van der Waals surface area contributed by atoms with Gasteiger partial charge in [-0.3, -0.25) is 4.79 Å². The molecule has 1 amide bonds. The molecule has 1 unspecified atom stereocenters. The highest BCUT2D eigenvalue weighted by Gasteiger charge is 2.11. The maximum Gasteiger partial charge on any atom is 0.252 e. The number of aliphatic hydroxyl groups excluding tert-OH is 1. The first-order valence-corrected chi connectivity index (χ1v) is 5.45. The number of pyridine rings is 1. The first-order chi connectivity index (χ1) is 7.00. The first kappa shape index (κ1) is 12.4. The van der Waals surface area contributed by atoms with Crippen LogP contribution in [0.25, 0.3) is 0 Å². The Morgan fingerprint density at radius 2 is 2.47 bits per heavy atom. The topological polar surface area (TPSA) is 62.2 Å². The average molecular weight is 294 g/mol. The van der Waals surface area contributed by atoms with Crippen LogP contribution in [0, 0.1) is 0 Å². The first-order valence-electron chi connectivity index (χ1n) is 4.28. The number of rotatable bonds is 3. The molecule has 0 bridgehead atoms. The van der Waals surface area contributed by atoms with Crippen molar-refractivity contribution < 1.29 is 9.90 Å². The van der Waals surface area contributed by atoms with Crippen molar-refractivity contribution in [2.24, 2.45) is 0 Å². The van der Waals surface area contributed by atoms with Crippen molar-refractivity contribution in [2.75, 3.05) is 6.54 Å². The van der Waals surface area contributed by atoms with E-state index in [0.29, 0.717) is 10.0 Å². The van der Waals surface area contributed by atoms with E-state index in [9.17, 15) is 4.79 Å². The third-order valence-corrected chi connectivity index (χ3v) is 2.46. The maximum atomic E-state index is 11.6. The summed E-state index contributed by atoms with van der Waals surface area (Å²) in [6.45, 7) is 1.79. The highest BCUT2D eigenvalue weighted by molar-refractivity contribution is 9.10. The van der Waals surface area contributed by atoms with E-state index in [4.69, 9.17) is 16.7 Å². The Morgan fingerprint density at radius 1 is 1.80 bits per heavy atom. The fraction of sp³-hybridized carbons (Fsp3) is 0.333. The lowest BCUT2D eigenvalue weighted by Gasteiger charge is -2.08. The molecule has 0 aromatic carbocycles. The van der Waals surface area contributed by atoms with Crippen molar-refractivity contribution >= 4 is 33.4 Å². The van der Waals surface area contributed by atoms with Crippen LogP contribution in [0.3, 0.4) is 0 Å². The Balaban J connectivity index is 2.77. The molecule has 0 aliphatic heterocycles. The Morgan fingerprint density at radius 3 is 3.07 bits per heavy atom. The normalized spacial score (nSPS) is 12.3. The monoisotopic (exact) mass is 292 g/mol. The highest BCUT2D eigenvalue weighted by Crippen LogP contribution is 2.18. The molecule has 4 nitrogen and oxygen atoms in total. The van der Waals surface area contributed by atoms with Crippen molar-refractivity contribution in [3.63, 3.8) is 0 Å². The zero-order chi connectivity index (χ0) is 11.4. The number of aliphatic hydroxyl groups is 1. The summed E-state index contributed by atoms with van der Waals surface area (Å²) < 4.78 is 0.565. The van der Waals surface area contributed by atoms with Crippen molar-refractivity contribution in [1.29, 1.82) is 0 Å². The fourth-order valence-electron chi connectivity index (χ4n) is 0.923. The summed E-state index contributed by atoms with van der Waals surface area (Å²) in [6.07, 6.45) is 0.879. The SMILES string of the molecule is CC(O)CNC(=O)c1cc(Cl)ncc1Br. The molecule has 1 aromatic heterocycles. The summed E-state index contributed by atoms with van der Waals surface area (Å²) in [5.41, 5.74) is 0.399. The van der Waals surface area contributed by atoms with Gasteiger partial charge >= 0.3 is 0 Å². The van der Waals surface area contributed by atoms with Gasteiger partial charge in [0.1, 0.15) is 5.15 Å². The lowest BCUT2D eigenvalue weighted by Crippen LogP contribution is -2.30. The minimum Gasteiger partial charge on any atom is -0.392 e. The Kier molecular flexibility index (Phi) is 4.50. The molecule has 0 saturated heterocycles. The van der Waals surface area contributed by atoms with Gasteiger partial charge in [0.25, 0.3) is 5.91 Å². The minimum absolute atomic E-state index is 0.200. The number of amides is 1. The summed E-state index contributed by atoms with van der Waals surface area (Å²) >= 11 is 8.86. The van der Waals surface area contributed by atoms with Gasteiger partial charge in [-0.05, 0) is 28.9 Å². The number of nitrogens with one attached hydrogen (secondary N) is 1. The molecule has 1 aromatic rings. The van der Waals surface area contributed by atoms with Crippen LogP contribution in [0.1, 0.15) is 17.3 Å². The van der Waals surface area contributed by atoms with Gasteiger partial charge in [-0.15, -0.1) is 0 Å². The van der Waals surface area contributed by atoms with E-state index in [-0.39, 0.29) is 17.6 Å². The molecule has 1 atom stereocenters. The van der Waals surface area contributed by atoms with E-state index in [2.05, 4.69) is 26.2 Å². The number of aromatic nitrogens is 1. The second-order valence-electron chi connectivity index (χ2n) is 3.05. The van der Waals surface area contributed by atoms with Crippen molar-refractivity contribution in [3.8, 4) is 0 Å². The number of hydrogen-bond acceptors (Lipinski definition) is 3. The zero-order valence-corrected chi connectivity index (χ0v) is 10.3. The lowest BCUT2D eigenvalue weighted by molar-refractivity contribution is 0.0923. The van der Waals surface area contributed by atoms with Gasteiger partial charge in [0.2, 0.25) is 0 Å². The van der Waals surface area contributed by atoms with Gasteiger partial charge in [0.05, 0.1) is 11.7 Å². The third-order valence-electron chi connectivity index (χ3n) is 1.62. The molecule has 2 N–H and O–H groups in total. The van der Waals surface area contributed by atoms with Crippen molar-refractivity contribution in [2.45, 2.75) is 13.0 Å². The Bertz CT molecular complexity index is 371. The predicted octanol–water partition coefficient (Wildman–Crippen LogP) is 1.61. The molecule has 0 fully saturated rings. The summed E-state index contributed by atoms with van der Waals surface area (Å²) in [4.78, 5) is 15.4. The van der Waals surface area contributed by atoms with Crippen LogP contribution in [0.5, 0.6) is 0 Å². The van der Waals surface area contributed by atoms with E-state index in [1.165, 1.54) is 12.3 Å². The van der Waals surface area contributed by atoms with E-state index < -0.39 is 6.10 Å². The van der Waals surface area contributed by atoms with Gasteiger partial charge in [-0.25, -0.2) is 4.98 Å². The summed E-state index contributed by atoms with van der Waals surface area (Å²) in [5.74, 6) is -0.299. The van der Waals surface area contributed by atoms with Crippen LogP contribution < -0.4 is 5.32 Å². The van der Waals surface area contributed by atoms with Crippen LogP contribution >= 0.6 is 27.5 Å². The molecule has 0 spiro atoms. The molecule has 1 rings (SSSR count). The van der Waals surface area contributed by atoms with Crippen LogP contribution in [-0.4, -0.2) is 28.6 Å². The van der Waals surface area contributed by atoms with Crippen LogP contribution in [0.4, 0.5) is 0 Å². The lowest BCUT2D eigenvalue weighted by atomic mass is 10.2. The molecular formula is C9H10BrClN2O2. The average Bonchev–Trinajstić information content (AvgIpc) is 2.18. The van der Waals surface area contributed by atoms with Crippen LogP contribution in [-0.2, 0) is 0 Å². The number of nitrogens with zero attached hydrogens (tertiary/aromatic N) is 1. The molecule has 6 heteroatoms. The molecule has 0 radical (unpaired) electrons. The Hall–Kier alpha value is -0.650. The predicted molar refractivity (Wildman–Crippen MR) is 61.0 cm³/mol. The largest absolute Gasteiger partial charge is 0.392 e. The van der Waals surface area contributed by atoms with E-state index in [0.717, 1.165) is 0 Å². The second kappa shape index (κ2) is 5.44. The van der Waals surface area contributed by atoms with Gasteiger partial charge in [-0.2, -0.15) is 0 Å². The van der Waals surface area contributed by atoms with E-state index in [1.807, 2.05) is 0 Å². The molecular weight excluding hydrogens is 283 g/mol. The Labute approximate surface area is 101 Å². The van der Waals surface area contributed by atoms with Crippen LogP contribution in [0.2, 0.25) is 5.15 Å². The zero-order valence-electron chi connectivity index (χ0n) is 8.00. The maximum absolute atomic E-state index is 11.6. The quantitative estimate of drug-likeness (QED) is 0.832. The fourth-order valence-corrected chi connectivity index (χ4v) is 1.48. The van der Waals surface area contributed by atoms with Gasteiger partial charge in [-0.1, -0.05) is 11.6 Å². The summed E-state index contributed by atoms with van der Waals surface area (Å²) in [5, 5.41) is 11.8. The molecule has 15 heavy (non-hydrogen) atoms. The minimum atomic E-state index is -0.579. The van der Waals surface area contributed by atoms with E-state index >= 15 is 0 Å². The molecule has 0 saturated carbocycles. The van der Waals surface area contributed by atoms with Gasteiger partial charge < -0.3 is 10.4 Å². The van der Waals surface area contributed by atoms with Crippen LogP contribution in [0.15, 0.2) is 16.7 Å². The molecule has 0 aliphatic carbocycles. The molecule has 0 aliphatic rings. The van der Waals surface area contributed by atoms with E-state index in [1.54, 1.807) is 6.92 Å². The van der Waals surface area contributed by atoms with Crippen molar-refractivity contribution in [3.05, 3.63) is 27.5 Å². The number of hydrogen-bond donors (Lipinski definition) is 2. The van der Waals surface area contributed by atoms with Gasteiger partial charge in [0.15, 0.2) is 0 Å². The molecule has 82 valence electrons. The highest BCUT2D eigenvalue weighted by atomic mass is 79.9. The molecule has 1 heterocycles. The summed E-state index contributed by atoms with van der Waals surface area (Å²) in [7, 11) is 0. The smallest absolute Gasteiger partial charge is 0.252 e. The summed E-state index contributed by atoms with van der Waals surface area (Å²) in [6, 6.07) is 1.46. The second-order valence-corrected chi connectivity index (χ2v) is 4.29. The number of halogens is 2. The number of carbonyl (C=O) groups excluding carboxylic acids is 1. The van der Waals surface area contributed by atoms with Crippen molar-refractivity contribution in [1.82, 2.24) is 10.3 Å².